The quantitative estimate of drug-likeness (QED) is 0.770. The highest BCUT2D eigenvalue weighted by molar-refractivity contribution is 5.73. The average Bonchev–Trinajstić information content (AvgIpc) is 3.41. The zero-order valence-corrected chi connectivity index (χ0v) is 18.2. The fourth-order valence-electron chi connectivity index (χ4n) is 3.72. The van der Waals surface area contributed by atoms with Crippen molar-refractivity contribution in [2.75, 3.05) is 0 Å². The Morgan fingerprint density at radius 3 is 1.65 bits per heavy atom. The van der Waals surface area contributed by atoms with E-state index in [9.17, 15) is 9.90 Å². The van der Waals surface area contributed by atoms with E-state index >= 15 is 0 Å². The van der Waals surface area contributed by atoms with E-state index in [4.69, 9.17) is 23.7 Å². The number of fused-ring (bicyclic) bond motifs is 3. The van der Waals surface area contributed by atoms with E-state index in [2.05, 4.69) is 0 Å². The second-order valence-corrected chi connectivity index (χ2v) is 6.69. The van der Waals surface area contributed by atoms with Gasteiger partial charge in [0.2, 0.25) is 0 Å². The highest BCUT2D eigenvalue weighted by Crippen LogP contribution is 2.45. The van der Waals surface area contributed by atoms with E-state index in [-0.39, 0.29) is 0 Å². The molecular formula is C24H30O7. The third-order valence-electron chi connectivity index (χ3n) is 4.98. The maximum atomic E-state index is 11.7. The molecule has 31 heavy (non-hydrogen) atoms. The molecular weight excluding hydrogens is 400 g/mol. The SMILES string of the molecule is CC.CC.O=C(O)C1OC(c2ccccc2)OC2C3OC(c4ccccc4)OC3OC12. The van der Waals surface area contributed by atoms with Gasteiger partial charge in [0.1, 0.15) is 18.3 Å². The van der Waals surface area contributed by atoms with Crippen LogP contribution in [0.4, 0.5) is 0 Å². The van der Waals surface area contributed by atoms with Crippen LogP contribution in [0.2, 0.25) is 0 Å². The summed E-state index contributed by atoms with van der Waals surface area (Å²) in [5.74, 6) is -1.10. The van der Waals surface area contributed by atoms with Crippen molar-refractivity contribution in [2.24, 2.45) is 0 Å². The van der Waals surface area contributed by atoms with Crippen molar-refractivity contribution < 1.29 is 33.6 Å². The summed E-state index contributed by atoms with van der Waals surface area (Å²) in [5.41, 5.74) is 1.61. The lowest BCUT2D eigenvalue weighted by Crippen LogP contribution is -2.51. The predicted octanol–water partition coefficient (Wildman–Crippen LogP) is 4.45. The molecule has 7 unspecified atom stereocenters. The number of ether oxygens (including phenoxy) is 5. The smallest absolute Gasteiger partial charge is 0.335 e. The molecule has 0 saturated carbocycles. The van der Waals surface area contributed by atoms with Gasteiger partial charge in [-0.1, -0.05) is 88.4 Å². The highest BCUT2D eigenvalue weighted by Gasteiger charge is 2.60. The highest BCUT2D eigenvalue weighted by atomic mass is 16.8. The van der Waals surface area contributed by atoms with Crippen LogP contribution in [0.5, 0.6) is 0 Å². The Bertz CT molecular complexity index is 813. The van der Waals surface area contributed by atoms with Gasteiger partial charge in [-0.3, -0.25) is 0 Å². The first kappa shape index (κ1) is 23.4. The van der Waals surface area contributed by atoms with Crippen LogP contribution in [-0.4, -0.2) is 41.8 Å². The molecule has 0 aliphatic carbocycles. The van der Waals surface area contributed by atoms with Crippen LogP contribution in [0.15, 0.2) is 60.7 Å². The first-order valence-corrected chi connectivity index (χ1v) is 10.8. The first-order valence-electron chi connectivity index (χ1n) is 10.8. The van der Waals surface area contributed by atoms with Crippen molar-refractivity contribution in [3.8, 4) is 0 Å². The van der Waals surface area contributed by atoms with E-state index in [0.29, 0.717) is 0 Å². The molecule has 3 saturated heterocycles. The molecule has 7 atom stereocenters. The number of benzene rings is 2. The van der Waals surface area contributed by atoms with Crippen molar-refractivity contribution in [1.29, 1.82) is 0 Å². The minimum absolute atomic E-state index is 0.530. The molecule has 2 aromatic rings. The topological polar surface area (TPSA) is 83.5 Å². The standard InChI is InChI=1S/C20H18O7.2C2H6/c21-17(22)15-13-14(23-18(25-15)11-7-3-1-4-8-11)16-20(24-13)27-19(26-16)12-9-5-2-6-10-12;2*1-2/h1-10,13-16,18-20H,(H,21,22);2*1-2H3. The Morgan fingerprint density at radius 2 is 1.13 bits per heavy atom. The lowest BCUT2D eigenvalue weighted by molar-refractivity contribution is -0.298. The van der Waals surface area contributed by atoms with Gasteiger partial charge < -0.3 is 28.8 Å². The zero-order chi connectivity index (χ0) is 22.4. The van der Waals surface area contributed by atoms with E-state index in [0.717, 1.165) is 11.1 Å². The Balaban J connectivity index is 0.000000645. The van der Waals surface area contributed by atoms with Crippen LogP contribution in [0.25, 0.3) is 0 Å². The lowest BCUT2D eigenvalue weighted by Gasteiger charge is -2.37. The zero-order valence-electron chi connectivity index (χ0n) is 18.2. The van der Waals surface area contributed by atoms with Gasteiger partial charge in [-0.2, -0.15) is 0 Å². The second kappa shape index (κ2) is 10.8. The van der Waals surface area contributed by atoms with Crippen LogP contribution in [0.1, 0.15) is 51.4 Å². The molecule has 7 heteroatoms. The predicted molar refractivity (Wildman–Crippen MR) is 113 cm³/mol. The van der Waals surface area contributed by atoms with Gasteiger partial charge in [-0.15, -0.1) is 0 Å². The van der Waals surface area contributed by atoms with E-state index in [1.165, 1.54) is 0 Å². The Labute approximate surface area is 182 Å². The maximum absolute atomic E-state index is 11.7. The summed E-state index contributed by atoms with van der Waals surface area (Å²) in [7, 11) is 0. The number of hydrogen-bond acceptors (Lipinski definition) is 6. The average molecular weight is 430 g/mol. The minimum atomic E-state index is -1.16. The van der Waals surface area contributed by atoms with Gasteiger partial charge in [0.15, 0.2) is 25.0 Å². The maximum Gasteiger partial charge on any atom is 0.335 e. The normalized spacial score (nSPS) is 33.1. The monoisotopic (exact) mass is 430 g/mol. The Morgan fingerprint density at radius 1 is 0.645 bits per heavy atom. The van der Waals surface area contributed by atoms with Crippen molar-refractivity contribution in [3.05, 3.63) is 71.8 Å². The van der Waals surface area contributed by atoms with Gasteiger partial charge in [-0.25, -0.2) is 4.79 Å². The van der Waals surface area contributed by atoms with Gasteiger partial charge in [0.05, 0.1) is 0 Å². The first-order chi connectivity index (χ1) is 15.2. The number of carboxylic acid groups (broad SMARTS) is 1. The summed E-state index contributed by atoms with van der Waals surface area (Å²) in [6.07, 6.45) is -5.19. The van der Waals surface area contributed by atoms with Crippen LogP contribution in [0, 0.1) is 0 Å². The summed E-state index contributed by atoms with van der Waals surface area (Å²) < 4.78 is 29.4. The fourth-order valence-corrected chi connectivity index (χ4v) is 3.72. The van der Waals surface area contributed by atoms with Crippen LogP contribution in [-0.2, 0) is 28.5 Å². The summed E-state index contributed by atoms with van der Waals surface area (Å²) in [5, 5.41) is 9.60. The molecule has 3 heterocycles. The lowest BCUT2D eigenvalue weighted by atomic mass is 10.0. The van der Waals surface area contributed by atoms with Gasteiger partial charge in [-0.05, 0) is 0 Å². The van der Waals surface area contributed by atoms with Crippen LogP contribution < -0.4 is 0 Å². The summed E-state index contributed by atoms with van der Waals surface area (Å²) in [4.78, 5) is 11.7. The second-order valence-electron chi connectivity index (χ2n) is 6.69. The molecule has 0 aromatic heterocycles. The largest absolute Gasteiger partial charge is 0.479 e. The molecule has 0 spiro atoms. The summed E-state index contributed by atoms with van der Waals surface area (Å²) in [6.45, 7) is 8.00. The molecule has 168 valence electrons. The molecule has 0 radical (unpaired) electrons. The third kappa shape index (κ3) is 4.81. The third-order valence-corrected chi connectivity index (χ3v) is 4.98. The van der Waals surface area contributed by atoms with Crippen molar-refractivity contribution in [3.63, 3.8) is 0 Å². The molecule has 5 rings (SSSR count). The van der Waals surface area contributed by atoms with E-state index < -0.39 is 49.3 Å². The summed E-state index contributed by atoms with van der Waals surface area (Å²) in [6, 6.07) is 18.7. The summed E-state index contributed by atoms with van der Waals surface area (Å²) >= 11 is 0. The van der Waals surface area contributed by atoms with Crippen molar-refractivity contribution >= 4 is 5.97 Å². The molecule has 3 fully saturated rings. The van der Waals surface area contributed by atoms with Crippen molar-refractivity contribution in [2.45, 2.75) is 71.0 Å². The van der Waals surface area contributed by atoms with Gasteiger partial charge >= 0.3 is 5.97 Å². The van der Waals surface area contributed by atoms with E-state index in [1.54, 1.807) is 0 Å². The molecule has 0 bridgehead atoms. The number of rotatable bonds is 3. The number of carbonyl (C=O) groups is 1. The Hall–Kier alpha value is -2.29. The molecule has 0 amide bonds. The fraction of sp³-hybridized carbons (Fsp3) is 0.458. The van der Waals surface area contributed by atoms with Crippen molar-refractivity contribution in [1.82, 2.24) is 0 Å². The number of carboxylic acids is 1. The van der Waals surface area contributed by atoms with Crippen LogP contribution >= 0.6 is 0 Å². The van der Waals surface area contributed by atoms with E-state index in [1.807, 2.05) is 88.4 Å². The molecule has 2 aromatic carbocycles. The molecule has 3 aliphatic heterocycles. The number of hydrogen-bond donors (Lipinski definition) is 1. The molecule has 7 nitrogen and oxygen atoms in total. The minimum Gasteiger partial charge on any atom is -0.479 e. The van der Waals surface area contributed by atoms with Gasteiger partial charge in [0.25, 0.3) is 0 Å². The molecule has 3 aliphatic rings. The number of aliphatic carboxylic acids is 1. The van der Waals surface area contributed by atoms with Crippen LogP contribution in [0.3, 0.4) is 0 Å². The molecule has 1 N–H and O–H groups in total. The Kier molecular flexibility index (Phi) is 8.17. The van der Waals surface area contributed by atoms with Gasteiger partial charge in [0, 0.05) is 11.1 Å².